The quantitative estimate of drug-likeness (QED) is 0.708. The second kappa shape index (κ2) is 6.24. The first-order chi connectivity index (χ1) is 9.78. The summed E-state index contributed by atoms with van der Waals surface area (Å²) < 4.78 is 50.2. The zero-order valence-electron chi connectivity index (χ0n) is 11.7. The summed E-state index contributed by atoms with van der Waals surface area (Å²) in [6, 6.07) is 5.46. The number of unbranched alkanes of at least 4 members (excludes halogenated alkanes) is 1. The Morgan fingerprint density at radius 1 is 1.14 bits per heavy atom. The number of hydrogen-bond donors (Lipinski definition) is 0. The summed E-state index contributed by atoms with van der Waals surface area (Å²) >= 11 is 0. The maximum atomic E-state index is 12.8. The zero-order chi connectivity index (χ0) is 15.7. The van der Waals surface area contributed by atoms with E-state index in [9.17, 15) is 16.8 Å². The van der Waals surface area contributed by atoms with Crippen molar-refractivity contribution < 1.29 is 16.8 Å². The minimum Gasteiger partial charge on any atom is -0.207 e. The lowest BCUT2D eigenvalue weighted by Gasteiger charge is -2.22. The predicted octanol–water partition coefficient (Wildman–Crippen LogP) is 2.57. The molecule has 0 atom stereocenters. The molecule has 0 heterocycles. The summed E-state index contributed by atoms with van der Waals surface area (Å²) in [7, 11) is -2.60. The predicted molar refractivity (Wildman–Crippen MR) is 81.3 cm³/mol. The van der Waals surface area contributed by atoms with Gasteiger partial charge in [0.25, 0.3) is 9.05 Å². The average molecular weight is 352 g/mol. The van der Waals surface area contributed by atoms with E-state index in [1.807, 2.05) is 6.92 Å². The lowest BCUT2D eigenvalue weighted by atomic mass is 10.3. The molecule has 0 aliphatic heterocycles. The first-order valence-electron chi connectivity index (χ1n) is 6.84. The van der Waals surface area contributed by atoms with E-state index in [0.29, 0.717) is 6.54 Å². The molecule has 1 aromatic rings. The Labute approximate surface area is 130 Å². The highest BCUT2D eigenvalue weighted by Crippen LogP contribution is 2.34. The molecule has 0 spiro atoms. The molecule has 0 radical (unpaired) electrons. The number of hydrogen-bond acceptors (Lipinski definition) is 4. The minimum atomic E-state index is -4.11. The minimum absolute atomic E-state index is 0.0207. The van der Waals surface area contributed by atoms with Gasteiger partial charge in [-0.2, -0.15) is 4.31 Å². The standard InChI is InChI=1S/C13H18ClNO4S2/c1-2-3-10-15(11-8-9-11)21(18,19)13-7-5-4-6-12(13)20(14,16)17/h4-7,11H,2-3,8-10H2,1H3. The fraction of sp³-hybridized carbons (Fsp3) is 0.538. The second-order valence-corrected chi connectivity index (χ2v) is 9.48. The van der Waals surface area contributed by atoms with Crippen LogP contribution in [0.3, 0.4) is 0 Å². The van der Waals surface area contributed by atoms with Crippen molar-refractivity contribution in [3.63, 3.8) is 0 Å². The molecule has 0 unspecified atom stereocenters. The van der Waals surface area contributed by atoms with Gasteiger partial charge in [-0.3, -0.25) is 0 Å². The Balaban J connectivity index is 2.48. The van der Waals surface area contributed by atoms with Crippen molar-refractivity contribution in [3.05, 3.63) is 24.3 Å². The molecule has 5 nitrogen and oxygen atoms in total. The highest BCUT2D eigenvalue weighted by molar-refractivity contribution is 8.14. The van der Waals surface area contributed by atoms with Gasteiger partial charge >= 0.3 is 0 Å². The Morgan fingerprint density at radius 3 is 2.19 bits per heavy atom. The van der Waals surface area contributed by atoms with Gasteiger partial charge in [-0.1, -0.05) is 25.5 Å². The van der Waals surface area contributed by atoms with E-state index < -0.39 is 19.1 Å². The van der Waals surface area contributed by atoms with E-state index in [-0.39, 0.29) is 15.8 Å². The molecule has 118 valence electrons. The highest BCUT2D eigenvalue weighted by atomic mass is 35.7. The molecule has 0 N–H and O–H groups in total. The highest BCUT2D eigenvalue weighted by Gasteiger charge is 2.39. The summed E-state index contributed by atoms with van der Waals surface area (Å²) in [5.41, 5.74) is 0. The van der Waals surface area contributed by atoms with Crippen LogP contribution in [0, 0.1) is 0 Å². The van der Waals surface area contributed by atoms with Gasteiger partial charge in [0.1, 0.15) is 9.79 Å². The summed E-state index contributed by atoms with van der Waals surface area (Å²) in [6.45, 7) is 2.38. The van der Waals surface area contributed by atoms with E-state index in [0.717, 1.165) is 25.7 Å². The third-order valence-corrected chi connectivity index (χ3v) is 6.90. The topological polar surface area (TPSA) is 71.5 Å². The number of halogens is 1. The zero-order valence-corrected chi connectivity index (χ0v) is 14.1. The van der Waals surface area contributed by atoms with Crippen LogP contribution in [0.15, 0.2) is 34.1 Å². The molecule has 21 heavy (non-hydrogen) atoms. The Morgan fingerprint density at radius 2 is 1.71 bits per heavy atom. The van der Waals surface area contributed by atoms with Gasteiger partial charge in [-0.25, -0.2) is 16.8 Å². The largest absolute Gasteiger partial charge is 0.262 e. The molecule has 0 saturated heterocycles. The first kappa shape index (κ1) is 16.7. The normalized spacial score (nSPS) is 16.3. The van der Waals surface area contributed by atoms with E-state index in [2.05, 4.69) is 0 Å². The van der Waals surface area contributed by atoms with E-state index in [1.54, 1.807) is 0 Å². The van der Waals surface area contributed by atoms with Crippen LogP contribution >= 0.6 is 10.7 Å². The lowest BCUT2D eigenvalue weighted by molar-refractivity contribution is 0.394. The van der Waals surface area contributed by atoms with Gasteiger partial charge in [0.15, 0.2) is 0 Å². The fourth-order valence-corrected chi connectivity index (χ4v) is 5.70. The molecular weight excluding hydrogens is 334 g/mol. The number of benzene rings is 1. The van der Waals surface area contributed by atoms with E-state index >= 15 is 0 Å². The molecule has 1 aliphatic carbocycles. The molecule has 1 fully saturated rings. The van der Waals surface area contributed by atoms with Crippen LogP contribution in [-0.2, 0) is 19.1 Å². The molecule has 0 aromatic heterocycles. The van der Waals surface area contributed by atoms with Crippen molar-refractivity contribution in [2.24, 2.45) is 0 Å². The molecule has 2 rings (SSSR count). The van der Waals surface area contributed by atoms with Gasteiger partial charge < -0.3 is 0 Å². The van der Waals surface area contributed by atoms with Crippen LogP contribution in [0.25, 0.3) is 0 Å². The van der Waals surface area contributed by atoms with Crippen molar-refractivity contribution in [3.8, 4) is 0 Å². The van der Waals surface area contributed by atoms with Crippen molar-refractivity contribution in [2.75, 3.05) is 6.54 Å². The van der Waals surface area contributed by atoms with Crippen molar-refractivity contribution >= 4 is 29.8 Å². The van der Waals surface area contributed by atoms with Crippen LogP contribution in [-0.4, -0.2) is 33.7 Å². The molecule has 8 heteroatoms. The van der Waals surface area contributed by atoms with Gasteiger partial charge in [-0.15, -0.1) is 0 Å². The lowest BCUT2D eigenvalue weighted by Crippen LogP contribution is -2.34. The van der Waals surface area contributed by atoms with Crippen molar-refractivity contribution in [2.45, 2.75) is 48.4 Å². The van der Waals surface area contributed by atoms with Gasteiger partial charge in [0.05, 0.1) is 0 Å². The molecular formula is C13H18ClNO4S2. The van der Waals surface area contributed by atoms with Crippen LogP contribution < -0.4 is 0 Å². The summed E-state index contributed by atoms with van der Waals surface area (Å²) in [6.07, 6.45) is 3.25. The van der Waals surface area contributed by atoms with Crippen LogP contribution in [0.4, 0.5) is 0 Å². The first-order valence-corrected chi connectivity index (χ1v) is 10.6. The van der Waals surface area contributed by atoms with Crippen molar-refractivity contribution in [1.29, 1.82) is 0 Å². The number of nitrogens with zero attached hydrogens (tertiary/aromatic N) is 1. The van der Waals surface area contributed by atoms with E-state index in [4.69, 9.17) is 10.7 Å². The average Bonchev–Trinajstić information content (AvgIpc) is 3.22. The summed E-state index contributed by atoms with van der Waals surface area (Å²) in [4.78, 5) is -0.586. The Bertz CT molecular complexity index is 711. The van der Waals surface area contributed by atoms with Crippen LogP contribution in [0.2, 0.25) is 0 Å². The van der Waals surface area contributed by atoms with Gasteiger partial charge in [0, 0.05) is 23.3 Å². The van der Waals surface area contributed by atoms with Crippen LogP contribution in [0.1, 0.15) is 32.6 Å². The number of sulfonamides is 1. The maximum absolute atomic E-state index is 12.8. The van der Waals surface area contributed by atoms with Gasteiger partial charge in [0.2, 0.25) is 10.0 Å². The third kappa shape index (κ3) is 3.77. The molecule has 1 aromatic carbocycles. The molecule has 1 aliphatic rings. The maximum Gasteiger partial charge on any atom is 0.262 e. The third-order valence-electron chi connectivity index (χ3n) is 3.38. The SMILES string of the molecule is CCCCN(C1CC1)S(=O)(=O)c1ccccc1S(=O)(=O)Cl. The number of rotatable bonds is 7. The molecule has 0 amide bonds. The monoisotopic (exact) mass is 351 g/mol. The Hall–Kier alpha value is -0.630. The summed E-state index contributed by atoms with van der Waals surface area (Å²) in [5, 5.41) is 0. The van der Waals surface area contributed by atoms with E-state index in [1.165, 1.54) is 28.6 Å². The Kier molecular flexibility index (Phi) is 4.97. The fourth-order valence-electron chi connectivity index (χ4n) is 2.17. The molecule has 1 saturated carbocycles. The summed E-state index contributed by atoms with van der Waals surface area (Å²) in [5.74, 6) is 0. The van der Waals surface area contributed by atoms with Crippen molar-refractivity contribution in [1.82, 2.24) is 4.31 Å². The van der Waals surface area contributed by atoms with Crippen LogP contribution in [0.5, 0.6) is 0 Å². The second-order valence-electron chi connectivity index (χ2n) is 5.09. The molecule has 0 bridgehead atoms. The smallest absolute Gasteiger partial charge is 0.207 e. The van der Waals surface area contributed by atoms with Gasteiger partial charge in [-0.05, 0) is 31.4 Å².